The van der Waals surface area contributed by atoms with Gasteiger partial charge in [-0.1, -0.05) is 78.9 Å². The fraction of sp³-hybridized carbons (Fsp3) is 0.0400. The van der Waals surface area contributed by atoms with Gasteiger partial charge in [-0.2, -0.15) is 0 Å². The van der Waals surface area contributed by atoms with Crippen molar-refractivity contribution < 1.29 is 9.90 Å². The zero-order valence-electron chi connectivity index (χ0n) is 16.4. The number of aryl methyl sites for hydroxylation is 1. The van der Waals surface area contributed by atoms with Gasteiger partial charge in [-0.05, 0) is 30.2 Å². The summed E-state index contributed by atoms with van der Waals surface area (Å²) in [6.45, 7) is 1.72. The minimum absolute atomic E-state index is 0.0270. The molecular formula is C25H20N2O3. The van der Waals surface area contributed by atoms with Gasteiger partial charge in [-0.25, -0.2) is 9.48 Å². The van der Waals surface area contributed by atoms with Gasteiger partial charge in [-0.15, -0.1) is 0 Å². The summed E-state index contributed by atoms with van der Waals surface area (Å²) in [7, 11) is 0. The predicted octanol–water partition coefficient (Wildman–Crippen LogP) is 4.52. The first kappa shape index (κ1) is 19.2. The Morgan fingerprint density at radius 3 is 1.73 bits per heavy atom. The number of carbonyl (C=O) groups is 1. The number of para-hydroxylation sites is 1. The molecule has 0 aliphatic carbocycles. The van der Waals surface area contributed by atoms with E-state index in [1.807, 2.05) is 78.9 Å². The Morgan fingerprint density at radius 2 is 1.27 bits per heavy atom. The van der Waals surface area contributed by atoms with Crippen molar-refractivity contribution in [3.8, 4) is 5.69 Å². The number of aliphatic carboxylic acids is 1. The summed E-state index contributed by atoms with van der Waals surface area (Å²) in [6.07, 6.45) is 0. The highest BCUT2D eigenvalue weighted by atomic mass is 16.4. The average Bonchev–Trinajstić information content (AvgIpc) is 3.07. The van der Waals surface area contributed by atoms with Crippen LogP contribution in [-0.4, -0.2) is 20.9 Å². The number of H-pyrrole nitrogens is 1. The van der Waals surface area contributed by atoms with Crippen molar-refractivity contribution >= 4 is 17.1 Å². The van der Waals surface area contributed by atoms with Crippen molar-refractivity contribution in [3.05, 3.63) is 124 Å². The fourth-order valence-corrected chi connectivity index (χ4v) is 3.60. The summed E-state index contributed by atoms with van der Waals surface area (Å²) in [4.78, 5) is 25.9. The van der Waals surface area contributed by atoms with E-state index in [2.05, 4.69) is 5.10 Å². The lowest BCUT2D eigenvalue weighted by atomic mass is 9.89. The molecule has 5 nitrogen and oxygen atoms in total. The van der Waals surface area contributed by atoms with Crippen LogP contribution in [0.2, 0.25) is 0 Å². The molecule has 0 aliphatic heterocycles. The molecule has 0 atom stereocenters. The number of nitrogens with zero attached hydrogens (tertiary/aromatic N) is 1. The molecule has 148 valence electrons. The molecule has 3 aromatic carbocycles. The smallest absolute Gasteiger partial charge is 0.337 e. The molecule has 0 bridgehead atoms. The largest absolute Gasteiger partial charge is 0.478 e. The molecule has 30 heavy (non-hydrogen) atoms. The Hall–Kier alpha value is -4.12. The lowest BCUT2D eigenvalue weighted by molar-refractivity contribution is -0.130. The van der Waals surface area contributed by atoms with Crippen molar-refractivity contribution in [1.82, 2.24) is 9.78 Å². The van der Waals surface area contributed by atoms with Crippen LogP contribution >= 0.6 is 0 Å². The molecule has 4 aromatic rings. The van der Waals surface area contributed by atoms with Crippen molar-refractivity contribution in [2.75, 3.05) is 0 Å². The van der Waals surface area contributed by atoms with E-state index in [0.717, 1.165) is 11.1 Å². The van der Waals surface area contributed by atoms with Crippen LogP contribution in [0, 0.1) is 6.92 Å². The summed E-state index contributed by atoms with van der Waals surface area (Å²) < 4.78 is 1.38. The summed E-state index contributed by atoms with van der Waals surface area (Å²) >= 11 is 0. The number of carboxylic acids is 1. The van der Waals surface area contributed by atoms with Gasteiger partial charge in [0.2, 0.25) is 0 Å². The number of benzene rings is 3. The summed E-state index contributed by atoms with van der Waals surface area (Å²) in [5.41, 5.74) is 2.81. The first-order valence-electron chi connectivity index (χ1n) is 9.53. The molecule has 0 saturated carbocycles. The Morgan fingerprint density at radius 1 is 0.800 bits per heavy atom. The quantitative estimate of drug-likeness (QED) is 0.487. The summed E-state index contributed by atoms with van der Waals surface area (Å²) in [5.74, 6) is -1.16. The van der Waals surface area contributed by atoms with Gasteiger partial charge < -0.3 is 5.11 Å². The predicted molar refractivity (Wildman–Crippen MR) is 118 cm³/mol. The fourth-order valence-electron chi connectivity index (χ4n) is 3.60. The van der Waals surface area contributed by atoms with E-state index in [0.29, 0.717) is 17.0 Å². The van der Waals surface area contributed by atoms with Crippen LogP contribution in [0.5, 0.6) is 0 Å². The molecule has 2 N–H and O–H groups in total. The number of hydrogen-bond donors (Lipinski definition) is 2. The van der Waals surface area contributed by atoms with Gasteiger partial charge in [0.15, 0.2) is 0 Å². The van der Waals surface area contributed by atoms with Gasteiger partial charge in [0.05, 0.1) is 16.8 Å². The summed E-state index contributed by atoms with van der Waals surface area (Å²) in [5, 5.41) is 13.3. The molecule has 0 radical (unpaired) electrons. The van der Waals surface area contributed by atoms with Crippen LogP contribution in [0.25, 0.3) is 16.8 Å². The maximum Gasteiger partial charge on any atom is 0.337 e. The topological polar surface area (TPSA) is 75.1 Å². The Labute approximate surface area is 173 Å². The van der Waals surface area contributed by atoms with E-state index in [9.17, 15) is 14.7 Å². The number of aromatic amines is 1. The molecule has 0 amide bonds. The SMILES string of the molecule is Cc1[nH]n(-c2ccccc2)c(=O)c1C(C(=O)O)=C(c1ccccc1)c1ccccc1. The molecule has 0 saturated heterocycles. The van der Waals surface area contributed by atoms with Crippen LogP contribution in [0.4, 0.5) is 0 Å². The third kappa shape index (κ3) is 3.49. The summed E-state index contributed by atoms with van der Waals surface area (Å²) in [6, 6.07) is 27.6. The van der Waals surface area contributed by atoms with Crippen molar-refractivity contribution in [3.63, 3.8) is 0 Å². The maximum atomic E-state index is 13.3. The zero-order chi connectivity index (χ0) is 21.1. The average molecular weight is 396 g/mol. The highest BCUT2D eigenvalue weighted by Gasteiger charge is 2.26. The first-order chi connectivity index (χ1) is 14.6. The van der Waals surface area contributed by atoms with Crippen molar-refractivity contribution in [2.45, 2.75) is 6.92 Å². The molecule has 0 fully saturated rings. The monoisotopic (exact) mass is 396 g/mol. The Kier molecular flexibility index (Phi) is 5.18. The Balaban J connectivity index is 2.07. The van der Waals surface area contributed by atoms with E-state index < -0.39 is 11.5 Å². The van der Waals surface area contributed by atoms with E-state index >= 15 is 0 Å². The minimum Gasteiger partial charge on any atom is -0.478 e. The molecule has 1 heterocycles. The highest BCUT2D eigenvalue weighted by Crippen LogP contribution is 2.32. The number of hydrogen-bond acceptors (Lipinski definition) is 2. The lowest BCUT2D eigenvalue weighted by Gasteiger charge is -2.13. The molecular weight excluding hydrogens is 376 g/mol. The third-order valence-corrected chi connectivity index (χ3v) is 4.92. The Bertz CT molecular complexity index is 1230. The van der Waals surface area contributed by atoms with Crippen LogP contribution in [-0.2, 0) is 4.79 Å². The van der Waals surface area contributed by atoms with Gasteiger partial charge in [0.1, 0.15) is 0 Å². The van der Waals surface area contributed by atoms with E-state index in [-0.39, 0.29) is 11.1 Å². The van der Waals surface area contributed by atoms with Crippen LogP contribution in [0.3, 0.4) is 0 Å². The molecule has 1 aromatic heterocycles. The van der Waals surface area contributed by atoms with E-state index in [1.165, 1.54) is 4.68 Å². The van der Waals surface area contributed by atoms with E-state index in [1.54, 1.807) is 19.1 Å². The maximum absolute atomic E-state index is 13.3. The standard InChI is InChI=1S/C25H20N2O3/c1-17-21(24(28)27(26-17)20-15-9-4-10-16-20)23(25(29)30)22(18-11-5-2-6-12-18)19-13-7-3-8-14-19/h2-16,26H,1H3,(H,29,30). The van der Waals surface area contributed by atoms with Crippen LogP contribution in [0.15, 0.2) is 95.8 Å². The molecule has 4 rings (SSSR count). The van der Waals surface area contributed by atoms with Crippen molar-refractivity contribution in [1.29, 1.82) is 0 Å². The second-order valence-corrected chi connectivity index (χ2v) is 6.88. The molecule has 0 aliphatic rings. The van der Waals surface area contributed by atoms with Gasteiger partial charge >= 0.3 is 5.97 Å². The van der Waals surface area contributed by atoms with Crippen LogP contribution < -0.4 is 5.56 Å². The first-order valence-corrected chi connectivity index (χ1v) is 9.53. The van der Waals surface area contributed by atoms with Crippen molar-refractivity contribution in [2.24, 2.45) is 0 Å². The normalized spacial score (nSPS) is 10.6. The molecule has 5 heteroatoms. The highest BCUT2D eigenvalue weighted by molar-refractivity contribution is 6.26. The van der Waals surface area contributed by atoms with Gasteiger partial charge in [0.25, 0.3) is 5.56 Å². The number of nitrogens with one attached hydrogen (secondary N) is 1. The van der Waals surface area contributed by atoms with E-state index in [4.69, 9.17) is 0 Å². The second-order valence-electron chi connectivity index (χ2n) is 6.88. The molecule has 0 spiro atoms. The van der Waals surface area contributed by atoms with Gasteiger partial charge in [0, 0.05) is 11.3 Å². The second kappa shape index (κ2) is 8.09. The van der Waals surface area contributed by atoms with Crippen LogP contribution in [0.1, 0.15) is 22.4 Å². The number of carboxylic acid groups (broad SMARTS) is 1. The number of rotatable bonds is 5. The molecule has 0 unspecified atom stereocenters. The number of aromatic nitrogens is 2. The minimum atomic E-state index is -1.16. The zero-order valence-corrected chi connectivity index (χ0v) is 16.4. The lowest BCUT2D eigenvalue weighted by Crippen LogP contribution is -2.19. The van der Waals surface area contributed by atoms with Gasteiger partial charge in [-0.3, -0.25) is 9.89 Å². The third-order valence-electron chi connectivity index (χ3n) is 4.92.